The molecule has 0 atom stereocenters. The Hall–Kier alpha value is -1.08. The fraction of sp³-hybridized carbons (Fsp3) is 0.429. The number of aryl methyl sites for hydroxylation is 2. The van der Waals surface area contributed by atoms with Crippen LogP contribution in [0.15, 0.2) is 30.4 Å². The predicted octanol–water partition coefficient (Wildman–Crippen LogP) is 3.01. The van der Waals surface area contributed by atoms with Crippen molar-refractivity contribution in [2.75, 3.05) is 13.6 Å². The largest absolute Gasteiger partial charge is 0.319 e. The first-order chi connectivity index (χ1) is 7.22. The number of allylic oxidation sites excluding steroid dienone is 1. The van der Waals surface area contributed by atoms with E-state index < -0.39 is 0 Å². The summed E-state index contributed by atoms with van der Waals surface area (Å²) in [5, 5.41) is 3.13. The predicted molar refractivity (Wildman–Crippen MR) is 67.3 cm³/mol. The van der Waals surface area contributed by atoms with Gasteiger partial charge < -0.3 is 5.32 Å². The van der Waals surface area contributed by atoms with Gasteiger partial charge in [0.1, 0.15) is 0 Å². The lowest BCUT2D eigenvalue weighted by Crippen LogP contribution is -2.05. The molecule has 1 N–H and O–H groups in total. The third-order valence-electron chi connectivity index (χ3n) is 2.36. The lowest BCUT2D eigenvalue weighted by Gasteiger charge is -2.01. The van der Waals surface area contributed by atoms with Crippen LogP contribution in [0.25, 0.3) is 0 Å². The van der Waals surface area contributed by atoms with Crippen LogP contribution in [-0.2, 0) is 6.42 Å². The molecule has 0 unspecified atom stereocenters. The van der Waals surface area contributed by atoms with Gasteiger partial charge in [0, 0.05) is 0 Å². The average Bonchev–Trinajstić information content (AvgIpc) is 2.16. The third-order valence-corrected chi connectivity index (χ3v) is 2.36. The van der Waals surface area contributed by atoms with Gasteiger partial charge >= 0.3 is 0 Å². The molecule has 1 aromatic carbocycles. The van der Waals surface area contributed by atoms with Gasteiger partial charge in [-0.1, -0.05) is 41.5 Å². The molecule has 0 radical (unpaired) electrons. The van der Waals surface area contributed by atoms with E-state index in [0.717, 1.165) is 19.4 Å². The van der Waals surface area contributed by atoms with Crippen molar-refractivity contribution in [1.29, 1.82) is 0 Å². The second-order valence-electron chi connectivity index (χ2n) is 4.06. The van der Waals surface area contributed by atoms with Gasteiger partial charge in [0.25, 0.3) is 0 Å². The highest BCUT2D eigenvalue weighted by atomic mass is 14.8. The first kappa shape index (κ1) is 12.0. The Labute approximate surface area is 93.2 Å². The Balaban J connectivity index is 2.46. The van der Waals surface area contributed by atoms with E-state index in [1.807, 2.05) is 7.05 Å². The van der Waals surface area contributed by atoms with E-state index >= 15 is 0 Å². The van der Waals surface area contributed by atoms with Crippen LogP contribution in [0, 0.1) is 13.8 Å². The summed E-state index contributed by atoms with van der Waals surface area (Å²) in [5.74, 6) is 0. The van der Waals surface area contributed by atoms with E-state index in [1.54, 1.807) is 0 Å². The molecule has 82 valence electrons. The van der Waals surface area contributed by atoms with Crippen molar-refractivity contribution in [3.8, 4) is 0 Å². The van der Waals surface area contributed by atoms with Gasteiger partial charge in [-0.3, -0.25) is 0 Å². The molecule has 0 bridgehead atoms. The fourth-order valence-corrected chi connectivity index (χ4v) is 1.75. The summed E-state index contributed by atoms with van der Waals surface area (Å²) >= 11 is 0. The second-order valence-corrected chi connectivity index (χ2v) is 4.06. The Morgan fingerprint density at radius 1 is 1.07 bits per heavy atom. The molecule has 0 aliphatic carbocycles. The quantitative estimate of drug-likeness (QED) is 0.573. The van der Waals surface area contributed by atoms with Crippen LogP contribution in [0.5, 0.6) is 0 Å². The van der Waals surface area contributed by atoms with E-state index in [1.165, 1.54) is 16.7 Å². The second kappa shape index (κ2) is 6.41. The van der Waals surface area contributed by atoms with Crippen molar-refractivity contribution in [2.45, 2.75) is 26.7 Å². The summed E-state index contributed by atoms with van der Waals surface area (Å²) in [6, 6.07) is 6.74. The highest BCUT2D eigenvalue weighted by molar-refractivity contribution is 5.29. The summed E-state index contributed by atoms with van der Waals surface area (Å²) in [6.07, 6.45) is 6.66. The fourth-order valence-electron chi connectivity index (χ4n) is 1.75. The van der Waals surface area contributed by atoms with Crippen LogP contribution in [0.1, 0.15) is 23.1 Å². The third kappa shape index (κ3) is 4.80. The molecular formula is C14H21N. The molecular weight excluding hydrogens is 182 g/mol. The molecule has 1 rings (SSSR count). The Kier molecular flexibility index (Phi) is 5.13. The zero-order valence-corrected chi connectivity index (χ0v) is 10.0. The summed E-state index contributed by atoms with van der Waals surface area (Å²) < 4.78 is 0. The van der Waals surface area contributed by atoms with Crippen molar-refractivity contribution in [3.05, 3.63) is 47.0 Å². The van der Waals surface area contributed by atoms with Gasteiger partial charge in [-0.2, -0.15) is 0 Å². The minimum absolute atomic E-state index is 1.05. The molecule has 0 saturated carbocycles. The van der Waals surface area contributed by atoms with E-state index in [0.29, 0.717) is 0 Å². The first-order valence-corrected chi connectivity index (χ1v) is 5.59. The maximum atomic E-state index is 3.13. The molecule has 0 heterocycles. The van der Waals surface area contributed by atoms with Crippen LogP contribution < -0.4 is 5.32 Å². The van der Waals surface area contributed by atoms with Crippen molar-refractivity contribution in [1.82, 2.24) is 5.32 Å². The van der Waals surface area contributed by atoms with Gasteiger partial charge in [-0.15, -0.1) is 0 Å². The molecule has 0 amide bonds. The van der Waals surface area contributed by atoms with Crippen LogP contribution >= 0.6 is 0 Å². The Morgan fingerprint density at radius 2 is 1.73 bits per heavy atom. The average molecular weight is 203 g/mol. The molecule has 0 aliphatic rings. The minimum atomic E-state index is 1.05. The van der Waals surface area contributed by atoms with E-state index in [2.05, 4.69) is 49.5 Å². The molecule has 0 aliphatic heterocycles. The molecule has 1 heteroatoms. The van der Waals surface area contributed by atoms with Crippen molar-refractivity contribution < 1.29 is 0 Å². The van der Waals surface area contributed by atoms with Gasteiger partial charge in [-0.05, 0) is 45.8 Å². The molecule has 1 aromatic rings. The van der Waals surface area contributed by atoms with E-state index in [9.17, 15) is 0 Å². The molecule has 15 heavy (non-hydrogen) atoms. The highest BCUT2D eigenvalue weighted by Gasteiger charge is 1.93. The summed E-state index contributed by atoms with van der Waals surface area (Å²) in [6.45, 7) is 5.37. The smallest absolute Gasteiger partial charge is 0.00173 e. The first-order valence-electron chi connectivity index (χ1n) is 5.59. The summed E-state index contributed by atoms with van der Waals surface area (Å²) in [5.41, 5.74) is 4.12. The number of hydrogen-bond donors (Lipinski definition) is 1. The zero-order valence-electron chi connectivity index (χ0n) is 10.0. The monoisotopic (exact) mass is 203 g/mol. The Bertz CT molecular complexity index is 306. The normalized spacial score (nSPS) is 11.1. The van der Waals surface area contributed by atoms with Crippen LogP contribution in [0.4, 0.5) is 0 Å². The molecule has 0 saturated heterocycles. The Morgan fingerprint density at radius 3 is 2.33 bits per heavy atom. The van der Waals surface area contributed by atoms with Gasteiger partial charge in [0.15, 0.2) is 0 Å². The molecule has 0 spiro atoms. The van der Waals surface area contributed by atoms with Crippen molar-refractivity contribution >= 4 is 0 Å². The van der Waals surface area contributed by atoms with Gasteiger partial charge in [0.05, 0.1) is 0 Å². The maximum absolute atomic E-state index is 3.13. The topological polar surface area (TPSA) is 12.0 Å². The van der Waals surface area contributed by atoms with E-state index in [-0.39, 0.29) is 0 Å². The van der Waals surface area contributed by atoms with Gasteiger partial charge in [-0.25, -0.2) is 0 Å². The summed E-state index contributed by atoms with van der Waals surface area (Å²) in [7, 11) is 1.98. The van der Waals surface area contributed by atoms with Crippen LogP contribution in [0.2, 0.25) is 0 Å². The SMILES string of the molecule is CNCCC=CCc1cc(C)cc(C)c1. The molecule has 0 fully saturated rings. The molecule has 0 aromatic heterocycles. The maximum Gasteiger partial charge on any atom is -0.00173 e. The number of nitrogens with one attached hydrogen (secondary N) is 1. The lowest BCUT2D eigenvalue weighted by molar-refractivity contribution is 0.806. The number of benzene rings is 1. The zero-order chi connectivity index (χ0) is 11.1. The van der Waals surface area contributed by atoms with Crippen molar-refractivity contribution in [3.63, 3.8) is 0 Å². The number of rotatable bonds is 5. The summed E-state index contributed by atoms with van der Waals surface area (Å²) in [4.78, 5) is 0. The highest BCUT2D eigenvalue weighted by Crippen LogP contribution is 2.09. The minimum Gasteiger partial charge on any atom is -0.319 e. The number of hydrogen-bond acceptors (Lipinski definition) is 1. The van der Waals surface area contributed by atoms with E-state index in [4.69, 9.17) is 0 Å². The standard InChI is InChI=1S/C14H21N/c1-12-9-13(2)11-14(10-12)7-5-4-6-8-15-3/h4-5,9-11,15H,6-8H2,1-3H3. The van der Waals surface area contributed by atoms with Crippen molar-refractivity contribution in [2.24, 2.45) is 0 Å². The lowest BCUT2D eigenvalue weighted by atomic mass is 10.0. The molecule has 1 nitrogen and oxygen atoms in total. The van der Waals surface area contributed by atoms with Crippen LogP contribution in [0.3, 0.4) is 0 Å². The van der Waals surface area contributed by atoms with Gasteiger partial charge in [0.2, 0.25) is 0 Å². The van der Waals surface area contributed by atoms with Crippen LogP contribution in [-0.4, -0.2) is 13.6 Å².